The van der Waals surface area contributed by atoms with E-state index in [-0.39, 0.29) is 30.0 Å². The minimum atomic E-state index is -1.77. The van der Waals surface area contributed by atoms with Crippen molar-refractivity contribution in [1.29, 1.82) is 0 Å². The number of ether oxygens (including phenoxy) is 1. The SMILES string of the molecule is [CH2]C[C@@](O)(C1CN(c2ccc(-c3ccc(NC(=O)CO)nc3)c(F)c2)C(=O)O1)C(C)C(N)=O. The number of hydrogen-bond acceptors (Lipinski definition) is 7. The molecule has 5 N–H and O–H groups in total. The third-order valence-electron chi connectivity index (χ3n) is 5.70. The zero-order valence-corrected chi connectivity index (χ0v) is 17.8. The molecule has 33 heavy (non-hydrogen) atoms. The number of primary amides is 1. The summed E-state index contributed by atoms with van der Waals surface area (Å²) in [4.78, 5) is 40.4. The van der Waals surface area contributed by atoms with Crippen LogP contribution in [-0.2, 0) is 14.3 Å². The second-order valence-corrected chi connectivity index (χ2v) is 7.65. The van der Waals surface area contributed by atoms with Gasteiger partial charge in [-0.1, -0.05) is 13.8 Å². The summed E-state index contributed by atoms with van der Waals surface area (Å²) in [5.41, 5.74) is 4.36. The maximum Gasteiger partial charge on any atom is 0.414 e. The average Bonchev–Trinajstić information content (AvgIpc) is 3.20. The van der Waals surface area contributed by atoms with Crippen LogP contribution in [0.5, 0.6) is 0 Å². The molecule has 0 aliphatic carbocycles. The topological polar surface area (TPSA) is 155 Å². The van der Waals surface area contributed by atoms with E-state index in [1.807, 2.05) is 0 Å². The van der Waals surface area contributed by atoms with Crippen molar-refractivity contribution < 1.29 is 33.7 Å². The second-order valence-electron chi connectivity index (χ2n) is 7.65. The lowest BCUT2D eigenvalue weighted by Crippen LogP contribution is -2.53. The molecule has 0 bridgehead atoms. The maximum absolute atomic E-state index is 14.9. The molecule has 1 aromatic heterocycles. The number of hydrogen-bond donors (Lipinski definition) is 4. The molecular weight excluding hydrogens is 435 g/mol. The molecule has 0 spiro atoms. The first kappa shape index (κ1) is 24.1. The van der Waals surface area contributed by atoms with Crippen LogP contribution in [0.15, 0.2) is 36.5 Å². The van der Waals surface area contributed by atoms with Gasteiger partial charge in [-0.25, -0.2) is 14.2 Å². The first-order chi connectivity index (χ1) is 15.6. The summed E-state index contributed by atoms with van der Waals surface area (Å²) < 4.78 is 20.2. The Morgan fingerprint density at radius 3 is 2.70 bits per heavy atom. The van der Waals surface area contributed by atoms with Crippen molar-refractivity contribution in [3.05, 3.63) is 49.3 Å². The molecule has 3 atom stereocenters. The number of halogens is 1. The summed E-state index contributed by atoms with van der Waals surface area (Å²) in [7, 11) is 0. The molecule has 2 aromatic rings. The van der Waals surface area contributed by atoms with Gasteiger partial charge in [0.2, 0.25) is 5.91 Å². The Hall–Kier alpha value is -3.57. The van der Waals surface area contributed by atoms with Crippen molar-refractivity contribution in [1.82, 2.24) is 4.98 Å². The van der Waals surface area contributed by atoms with Crippen molar-refractivity contribution in [2.75, 3.05) is 23.4 Å². The van der Waals surface area contributed by atoms with Gasteiger partial charge in [-0.2, -0.15) is 0 Å². The van der Waals surface area contributed by atoms with E-state index in [0.717, 1.165) is 11.0 Å². The molecule has 0 saturated carbocycles. The summed E-state index contributed by atoms with van der Waals surface area (Å²) in [5, 5.41) is 22.0. The lowest BCUT2D eigenvalue weighted by atomic mass is 9.81. The van der Waals surface area contributed by atoms with E-state index < -0.39 is 48.0 Å². The van der Waals surface area contributed by atoms with Crippen LogP contribution in [0.25, 0.3) is 11.1 Å². The van der Waals surface area contributed by atoms with Crippen LogP contribution in [-0.4, -0.2) is 58.0 Å². The summed E-state index contributed by atoms with van der Waals surface area (Å²) in [6, 6.07) is 7.09. The number of aromatic nitrogens is 1. The van der Waals surface area contributed by atoms with Crippen LogP contribution < -0.4 is 16.0 Å². The van der Waals surface area contributed by atoms with E-state index in [2.05, 4.69) is 17.2 Å². The number of carbonyl (C=O) groups excluding carboxylic acids is 3. The van der Waals surface area contributed by atoms with Crippen LogP contribution in [0, 0.1) is 18.7 Å². The Labute approximate surface area is 189 Å². The third kappa shape index (κ3) is 4.78. The quantitative estimate of drug-likeness (QED) is 0.463. The van der Waals surface area contributed by atoms with Gasteiger partial charge in [0.25, 0.3) is 5.91 Å². The van der Waals surface area contributed by atoms with Crippen molar-refractivity contribution in [3.63, 3.8) is 0 Å². The normalized spacial score (nSPS) is 18.4. The molecule has 1 aromatic carbocycles. The molecule has 11 heteroatoms. The Morgan fingerprint density at radius 1 is 1.42 bits per heavy atom. The molecule has 1 radical (unpaired) electrons. The van der Waals surface area contributed by atoms with Gasteiger partial charge in [0.1, 0.15) is 23.8 Å². The predicted molar refractivity (Wildman–Crippen MR) is 116 cm³/mol. The average molecular weight is 459 g/mol. The summed E-state index contributed by atoms with van der Waals surface area (Å²) >= 11 is 0. The number of nitrogens with two attached hydrogens (primary N) is 1. The van der Waals surface area contributed by atoms with E-state index in [9.17, 15) is 23.9 Å². The van der Waals surface area contributed by atoms with Crippen LogP contribution in [0.4, 0.5) is 20.7 Å². The van der Waals surface area contributed by atoms with Crippen LogP contribution in [0.1, 0.15) is 13.3 Å². The van der Waals surface area contributed by atoms with Crippen LogP contribution in [0.2, 0.25) is 0 Å². The smallest absolute Gasteiger partial charge is 0.414 e. The highest BCUT2D eigenvalue weighted by atomic mass is 19.1. The maximum atomic E-state index is 14.9. The molecule has 3 amide bonds. The Balaban J connectivity index is 1.80. The lowest BCUT2D eigenvalue weighted by Gasteiger charge is -2.35. The van der Waals surface area contributed by atoms with Gasteiger partial charge in [-0.15, -0.1) is 0 Å². The zero-order valence-electron chi connectivity index (χ0n) is 17.8. The number of amides is 3. The first-order valence-corrected chi connectivity index (χ1v) is 10.1. The molecular formula is C22H24FN4O6. The number of aliphatic hydroxyl groups is 2. The van der Waals surface area contributed by atoms with Gasteiger partial charge in [0, 0.05) is 17.3 Å². The zero-order chi connectivity index (χ0) is 24.3. The molecule has 175 valence electrons. The number of pyridine rings is 1. The summed E-state index contributed by atoms with van der Waals surface area (Å²) in [6.07, 6.45) is -0.664. The number of anilines is 2. The number of carbonyl (C=O) groups is 3. The van der Waals surface area contributed by atoms with Crippen molar-refractivity contribution in [3.8, 4) is 11.1 Å². The Bertz CT molecular complexity index is 1060. The molecule has 1 saturated heterocycles. The number of cyclic esters (lactones) is 1. The van der Waals surface area contributed by atoms with E-state index in [1.165, 1.54) is 37.4 Å². The molecule has 1 aliphatic rings. The van der Waals surface area contributed by atoms with Crippen molar-refractivity contribution in [2.45, 2.75) is 25.0 Å². The summed E-state index contributed by atoms with van der Waals surface area (Å²) in [6.45, 7) is 4.26. The van der Waals surface area contributed by atoms with Gasteiger partial charge < -0.3 is 26.0 Å². The number of nitrogens with one attached hydrogen (secondary N) is 1. The minimum Gasteiger partial charge on any atom is -0.441 e. The van der Waals surface area contributed by atoms with Gasteiger partial charge in [-0.05, 0) is 36.8 Å². The Morgan fingerprint density at radius 2 is 2.15 bits per heavy atom. The number of rotatable bonds is 8. The highest BCUT2D eigenvalue weighted by Crippen LogP contribution is 2.35. The van der Waals surface area contributed by atoms with E-state index >= 15 is 0 Å². The highest BCUT2D eigenvalue weighted by Gasteiger charge is 2.50. The van der Waals surface area contributed by atoms with E-state index in [4.69, 9.17) is 15.6 Å². The summed E-state index contributed by atoms with van der Waals surface area (Å²) in [5.74, 6) is -2.86. The fourth-order valence-corrected chi connectivity index (χ4v) is 3.55. The second kappa shape index (κ2) is 9.51. The lowest BCUT2D eigenvalue weighted by molar-refractivity contribution is -0.140. The minimum absolute atomic E-state index is 0.123. The number of benzene rings is 1. The first-order valence-electron chi connectivity index (χ1n) is 10.1. The van der Waals surface area contributed by atoms with Gasteiger partial charge in [0.05, 0.1) is 18.2 Å². The standard InChI is InChI=1S/C22H24FN4O6/c1-3-22(32,12(2)20(24)30)17-10-27(21(31)33-17)14-5-6-15(16(23)8-14)13-4-7-18(25-9-13)26-19(29)11-28/h4-9,12,17,28,32H,1,3,10-11H2,2H3,(H2,24,30)(H,25,26,29)/t12?,17?,22-/m0/s1. The van der Waals surface area contributed by atoms with Gasteiger partial charge in [-0.3, -0.25) is 14.5 Å². The number of aliphatic hydroxyl groups excluding tert-OH is 1. The van der Waals surface area contributed by atoms with Gasteiger partial charge in [0.15, 0.2) is 6.10 Å². The molecule has 1 aliphatic heterocycles. The van der Waals surface area contributed by atoms with E-state index in [1.54, 1.807) is 0 Å². The third-order valence-corrected chi connectivity index (χ3v) is 5.70. The molecule has 10 nitrogen and oxygen atoms in total. The number of nitrogens with zero attached hydrogens (tertiary/aromatic N) is 2. The monoisotopic (exact) mass is 459 g/mol. The molecule has 2 heterocycles. The molecule has 2 unspecified atom stereocenters. The highest BCUT2D eigenvalue weighted by molar-refractivity contribution is 5.91. The fourth-order valence-electron chi connectivity index (χ4n) is 3.55. The van der Waals surface area contributed by atoms with Crippen molar-refractivity contribution in [2.24, 2.45) is 11.7 Å². The molecule has 3 rings (SSSR count). The van der Waals surface area contributed by atoms with E-state index in [0.29, 0.717) is 5.56 Å². The van der Waals surface area contributed by atoms with Crippen LogP contribution >= 0.6 is 0 Å². The fraction of sp³-hybridized carbons (Fsp3) is 0.318. The van der Waals surface area contributed by atoms with Gasteiger partial charge >= 0.3 is 6.09 Å². The van der Waals surface area contributed by atoms with Crippen molar-refractivity contribution >= 4 is 29.4 Å². The predicted octanol–water partition coefficient (Wildman–Crippen LogP) is 1.22. The molecule has 1 fully saturated rings. The largest absolute Gasteiger partial charge is 0.441 e. The Kier molecular flexibility index (Phi) is 6.94. The van der Waals surface area contributed by atoms with Crippen LogP contribution in [0.3, 0.4) is 0 Å².